The van der Waals surface area contributed by atoms with Crippen LogP contribution in [0.1, 0.15) is 31.0 Å². The van der Waals surface area contributed by atoms with E-state index in [1.807, 2.05) is 18.0 Å². The third-order valence-corrected chi connectivity index (χ3v) is 4.45. The van der Waals surface area contributed by atoms with Crippen molar-refractivity contribution in [2.45, 2.75) is 44.9 Å². The maximum Gasteiger partial charge on any atom is 0.0544 e. The third kappa shape index (κ3) is 5.13. The van der Waals surface area contributed by atoms with Gasteiger partial charge in [-0.15, -0.1) is 0 Å². The second-order valence-corrected chi connectivity index (χ2v) is 6.44. The summed E-state index contributed by atoms with van der Waals surface area (Å²) in [6, 6.07) is 5.71. The molecule has 2 rings (SSSR count). The number of hydrogen-bond donors (Lipinski definition) is 1. The first-order chi connectivity index (χ1) is 9.19. The normalized spacial score (nSPS) is 16.8. The highest BCUT2D eigenvalue weighted by molar-refractivity contribution is 7.98. The van der Waals surface area contributed by atoms with Crippen molar-refractivity contribution in [3.63, 3.8) is 0 Å². The molecule has 3 nitrogen and oxygen atoms in total. The molecule has 0 amide bonds. The monoisotopic (exact) mass is 279 g/mol. The van der Waals surface area contributed by atoms with Crippen molar-refractivity contribution in [1.82, 2.24) is 15.2 Å². The van der Waals surface area contributed by atoms with Crippen LogP contribution in [0.3, 0.4) is 0 Å². The van der Waals surface area contributed by atoms with Crippen LogP contribution in [0.15, 0.2) is 18.3 Å². The Balaban J connectivity index is 1.79. The zero-order chi connectivity index (χ0) is 13.7. The number of hydrogen-bond acceptors (Lipinski definition) is 4. The summed E-state index contributed by atoms with van der Waals surface area (Å²) >= 11 is 1.90. The zero-order valence-electron chi connectivity index (χ0n) is 12.2. The molecule has 4 heteroatoms. The Bertz CT molecular complexity index is 375. The molecule has 0 radical (unpaired) electrons. The first-order valence-corrected chi connectivity index (χ1v) is 8.45. The maximum absolute atomic E-state index is 4.57. The summed E-state index contributed by atoms with van der Waals surface area (Å²) in [5.41, 5.74) is 2.45. The van der Waals surface area contributed by atoms with E-state index in [9.17, 15) is 0 Å². The SMILES string of the molecule is CSCC(C)N(C)Cc1ccc(CNC2CC2)cn1. The van der Waals surface area contributed by atoms with Crippen molar-refractivity contribution in [2.75, 3.05) is 19.1 Å². The molecule has 1 aliphatic carbocycles. The standard InChI is InChI=1S/C15H25N3S/c1-12(11-19-3)18(2)10-15-5-4-13(9-17-15)8-16-14-6-7-14/h4-5,9,12,14,16H,6-8,10-11H2,1-3H3. The predicted molar refractivity (Wildman–Crippen MR) is 83.4 cm³/mol. The number of nitrogens with one attached hydrogen (secondary N) is 1. The Kier molecular flexibility index (Phi) is 5.67. The van der Waals surface area contributed by atoms with Crippen LogP contribution in [0, 0.1) is 0 Å². The van der Waals surface area contributed by atoms with Crippen LogP contribution in [0.5, 0.6) is 0 Å². The van der Waals surface area contributed by atoms with Crippen LogP contribution in [0.25, 0.3) is 0 Å². The minimum absolute atomic E-state index is 0.591. The number of aromatic nitrogens is 1. The fraction of sp³-hybridized carbons (Fsp3) is 0.667. The predicted octanol–water partition coefficient (Wildman–Crippen LogP) is 2.52. The Hall–Kier alpha value is -0.580. The molecule has 1 aromatic heterocycles. The van der Waals surface area contributed by atoms with Gasteiger partial charge in [-0.1, -0.05) is 6.07 Å². The Morgan fingerprint density at radius 1 is 1.47 bits per heavy atom. The molecule has 106 valence electrons. The van der Waals surface area contributed by atoms with Gasteiger partial charge in [-0.25, -0.2) is 0 Å². The summed E-state index contributed by atoms with van der Waals surface area (Å²) in [5.74, 6) is 1.17. The molecule has 0 bridgehead atoms. The van der Waals surface area contributed by atoms with Crippen LogP contribution < -0.4 is 5.32 Å². The summed E-state index contributed by atoms with van der Waals surface area (Å²) in [6.45, 7) is 4.15. The largest absolute Gasteiger partial charge is 0.310 e. The molecule has 1 atom stereocenters. The Morgan fingerprint density at radius 3 is 2.84 bits per heavy atom. The second-order valence-electron chi connectivity index (χ2n) is 5.53. The van der Waals surface area contributed by atoms with E-state index in [2.05, 4.69) is 47.6 Å². The summed E-state index contributed by atoms with van der Waals surface area (Å²) in [4.78, 5) is 6.93. The van der Waals surface area contributed by atoms with Crippen molar-refractivity contribution in [3.05, 3.63) is 29.6 Å². The van der Waals surface area contributed by atoms with E-state index < -0.39 is 0 Å². The minimum Gasteiger partial charge on any atom is -0.310 e. The molecular formula is C15H25N3S. The van der Waals surface area contributed by atoms with Gasteiger partial charge in [0.05, 0.1) is 5.69 Å². The van der Waals surface area contributed by atoms with Gasteiger partial charge in [-0.3, -0.25) is 9.88 Å². The fourth-order valence-corrected chi connectivity index (χ4v) is 2.72. The van der Waals surface area contributed by atoms with Crippen LogP contribution in [-0.2, 0) is 13.1 Å². The average molecular weight is 279 g/mol. The van der Waals surface area contributed by atoms with Crippen molar-refractivity contribution >= 4 is 11.8 Å². The molecule has 0 spiro atoms. The lowest BCUT2D eigenvalue weighted by molar-refractivity contribution is 0.266. The van der Waals surface area contributed by atoms with E-state index in [4.69, 9.17) is 0 Å². The van der Waals surface area contributed by atoms with Gasteiger partial charge in [0.15, 0.2) is 0 Å². The molecule has 1 N–H and O–H groups in total. The van der Waals surface area contributed by atoms with Gasteiger partial charge in [0.2, 0.25) is 0 Å². The van der Waals surface area contributed by atoms with E-state index in [-0.39, 0.29) is 0 Å². The zero-order valence-corrected chi connectivity index (χ0v) is 13.0. The van der Waals surface area contributed by atoms with Crippen LogP contribution in [0.4, 0.5) is 0 Å². The van der Waals surface area contributed by atoms with Gasteiger partial charge in [0, 0.05) is 37.1 Å². The molecule has 1 aliphatic rings. The van der Waals surface area contributed by atoms with Gasteiger partial charge < -0.3 is 5.32 Å². The minimum atomic E-state index is 0.591. The first-order valence-electron chi connectivity index (χ1n) is 7.05. The van der Waals surface area contributed by atoms with E-state index in [0.717, 1.165) is 24.8 Å². The highest BCUT2D eigenvalue weighted by Gasteiger charge is 2.19. The van der Waals surface area contributed by atoms with E-state index in [1.165, 1.54) is 24.2 Å². The first kappa shape index (κ1) is 14.8. The highest BCUT2D eigenvalue weighted by atomic mass is 32.2. The third-order valence-electron chi connectivity index (χ3n) is 3.63. The van der Waals surface area contributed by atoms with Gasteiger partial charge >= 0.3 is 0 Å². The summed E-state index contributed by atoms with van der Waals surface area (Å²) < 4.78 is 0. The molecule has 1 unspecified atom stereocenters. The highest BCUT2D eigenvalue weighted by Crippen LogP contribution is 2.19. The van der Waals surface area contributed by atoms with Crippen molar-refractivity contribution in [3.8, 4) is 0 Å². The smallest absolute Gasteiger partial charge is 0.0544 e. The van der Waals surface area contributed by atoms with Gasteiger partial charge in [0.25, 0.3) is 0 Å². The average Bonchev–Trinajstić information content (AvgIpc) is 3.22. The van der Waals surface area contributed by atoms with Gasteiger partial charge in [-0.05, 0) is 44.7 Å². The molecule has 0 aromatic carbocycles. The molecule has 1 heterocycles. The van der Waals surface area contributed by atoms with Crippen LogP contribution >= 0.6 is 11.8 Å². The van der Waals surface area contributed by atoms with E-state index in [1.54, 1.807) is 0 Å². The molecule has 0 saturated heterocycles. The molecule has 1 fully saturated rings. The summed E-state index contributed by atoms with van der Waals surface area (Å²) in [6.07, 6.45) is 6.84. The number of thioether (sulfide) groups is 1. The molecule has 0 aliphatic heterocycles. The Labute approximate surface area is 121 Å². The molecule has 1 saturated carbocycles. The lowest BCUT2D eigenvalue weighted by Crippen LogP contribution is -2.30. The summed E-state index contributed by atoms with van der Waals surface area (Å²) in [7, 11) is 2.17. The maximum atomic E-state index is 4.57. The van der Waals surface area contributed by atoms with Crippen molar-refractivity contribution in [1.29, 1.82) is 0 Å². The van der Waals surface area contributed by atoms with Crippen LogP contribution in [-0.4, -0.2) is 41.0 Å². The van der Waals surface area contributed by atoms with Gasteiger partial charge in [-0.2, -0.15) is 11.8 Å². The lowest BCUT2D eigenvalue weighted by atomic mass is 10.2. The topological polar surface area (TPSA) is 28.2 Å². The fourth-order valence-electron chi connectivity index (χ4n) is 1.98. The number of rotatable bonds is 8. The Morgan fingerprint density at radius 2 is 2.26 bits per heavy atom. The lowest BCUT2D eigenvalue weighted by Gasteiger charge is -2.23. The molecule has 1 aromatic rings. The quantitative estimate of drug-likeness (QED) is 0.791. The van der Waals surface area contributed by atoms with Crippen molar-refractivity contribution < 1.29 is 0 Å². The van der Waals surface area contributed by atoms with Crippen molar-refractivity contribution in [2.24, 2.45) is 0 Å². The molecule has 19 heavy (non-hydrogen) atoms. The van der Waals surface area contributed by atoms with Crippen LogP contribution in [0.2, 0.25) is 0 Å². The molecular weight excluding hydrogens is 254 g/mol. The number of pyridine rings is 1. The van der Waals surface area contributed by atoms with E-state index >= 15 is 0 Å². The second kappa shape index (κ2) is 7.27. The number of nitrogens with zero attached hydrogens (tertiary/aromatic N) is 2. The summed E-state index contributed by atoms with van der Waals surface area (Å²) in [5, 5.41) is 3.51. The van der Waals surface area contributed by atoms with E-state index in [0.29, 0.717) is 6.04 Å². The van der Waals surface area contributed by atoms with Gasteiger partial charge in [0.1, 0.15) is 0 Å².